The molecule has 0 aliphatic carbocycles. The first-order valence-corrected chi connectivity index (χ1v) is 9.39. The molecule has 0 fully saturated rings. The molecule has 1 heterocycles. The highest BCUT2D eigenvalue weighted by Gasteiger charge is 2.11. The van der Waals surface area contributed by atoms with Crippen LogP contribution in [0.5, 0.6) is 5.75 Å². The second-order valence-electron chi connectivity index (χ2n) is 5.60. The lowest BCUT2D eigenvalue weighted by Gasteiger charge is -2.15. The van der Waals surface area contributed by atoms with Crippen LogP contribution in [0.3, 0.4) is 0 Å². The van der Waals surface area contributed by atoms with Gasteiger partial charge < -0.3 is 9.30 Å². The number of benzene rings is 2. The lowest BCUT2D eigenvalue weighted by molar-refractivity contribution is 0.308. The molecule has 128 valence electrons. The molecule has 0 aliphatic heterocycles. The maximum Gasteiger partial charge on any atom is 0.128 e. The number of ether oxygens (including phenoxy) is 1. The van der Waals surface area contributed by atoms with Gasteiger partial charge in [-0.3, -0.25) is 0 Å². The molecule has 0 unspecified atom stereocenters. The fourth-order valence-electron chi connectivity index (χ4n) is 2.42. The van der Waals surface area contributed by atoms with Gasteiger partial charge in [0.25, 0.3) is 0 Å². The Morgan fingerprint density at radius 3 is 2.68 bits per heavy atom. The summed E-state index contributed by atoms with van der Waals surface area (Å²) in [5, 5.41) is 2.15. The van der Waals surface area contributed by atoms with Crippen LogP contribution in [0.1, 0.15) is 25.3 Å². The first kappa shape index (κ1) is 17.4. The highest BCUT2D eigenvalue weighted by Crippen LogP contribution is 2.31. The van der Waals surface area contributed by atoms with Crippen LogP contribution >= 0.6 is 11.8 Å². The zero-order valence-electron chi connectivity index (χ0n) is 14.3. The van der Waals surface area contributed by atoms with E-state index in [0.29, 0.717) is 0 Å². The van der Waals surface area contributed by atoms with E-state index >= 15 is 0 Å². The van der Waals surface area contributed by atoms with E-state index < -0.39 is 0 Å². The van der Waals surface area contributed by atoms with E-state index in [1.54, 1.807) is 18.0 Å². The molecule has 3 nitrogen and oxygen atoms in total. The molecule has 2 aromatic carbocycles. The van der Waals surface area contributed by atoms with Gasteiger partial charge in [0, 0.05) is 28.3 Å². The van der Waals surface area contributed by atoms with Crippen LogP contribution in [-0.2, 0) is 0 Å². The lowest BCUT2D eigenvalue weighted by Crippen LogP contribution is -2.02. The van der Waals surface area contributed by atoms with Crippen molar-refractivity contribution in [3.8, 4) is 5.75 Å². The van der Waals surface area contributed by atoms with Crippen molar-refractivity contribution in [1.82, 2.24) is 9.55 Å². The van der Waals surface area contributed by atoms with E-state index in [2.05, 4.69) is 47.6 Å². The zero-order chi connectivity index (χ0) is 17.3. The Hall–Kier alpha value is -2.46. The number of aromatic nitrogens is 2. The van der Waals surface area contributed by atoms with E-state index in [9.17, 15) is 0 Å². The van der Waals surface area contributed by atoms with Gasteiger partial charge in [-0.25, -0.2) is 4.98 Å². The number of imidazole rings is 1. The zero-order valence-corrected chi connectivity index (χ0v) is 15.2. The molecule has 0 saturated heterocycles. The highest BCUT2D eigenvalue weighted by molar-refractivity contribution is 8.02. The number of hydrogen-bond acceptors (Lipinski definition) is 3. The van der Waals surface area contributed by atoms with Gasteiger partial charge in [0.05, 0.1) is 18.6 Å². The first-order chi connectivity index (χ1) is 12.4. The molecule has 0 amide bonds. The SMILES string of the molecule is CCCCOc1ccccc1/C(=C\Sc1ccccc1)n1ccnc1. The number of hydrogen-bond donors (Lipinski definition) is 0. The van der Waals surface area contributed by atoms with E-state index in [1.807, 2.05) is 41.4 Å². The van der Waals surface area contributed by atoms with Crippen molar-refractivity contribution >= 4 is 17.5 Å². The predicted molar refractivity (Wildman–Crippen MR) is 105 cm³/mol. The third-order valence-electron chi connectivity index (χ3n) is 3.75. The Bertz CT molecular complexity index is 798. The van der Waals surface area contributed by atoms with E-state index in [4.69, 9.17) is 4.74 Å². The molecule has 0 radical (unpaired) electrons. The number of nitrogens with zero attached hydrogens (tertiary/aromatic N) is 2. The van der Waals surface area contributed by atoms with E-state index in [1.165, 1.54) is 4.90 Å². The summed E-state index contributed by atoms with van der Waals surface area (Å²) >= 11 is 1.69. The Morgan fingerprint density at radius 2 is 1.92 bits per heavy atom. The van der Waals surface area contributed by atoms with Gasteiger partial charge in [0.2, 0.25) is 0 Å². The maximum absolute atomic E-state index is 6.02. The molecule has 4 heteroatoms. The minimum atomic E-state index is 0.733. The smallest absolute Gasteiger partial charge is 0.128 e. The third kappa shape index (κ3) is 4.77. The van der Waals surface area contributed by atoms with Crippen LogP contribution in [0.4, 0.5) is 0 Å². The van der Waals surface area contributed by atoms with Gasteiger partial charge in [-0.1, -0.05) is 55.4 Å². The van der Waals surface area contributed by atoms with Crippen LogP contribution in [0.15, 0.2) is 83.6 Å². The quantitative estimate of drug-likeness (QED) is 0.385. The normalized spacial score (nSPS) is 11.5. The van der Waals surface area contributed by atoms with Crippen LogP contribution in [-0.4, -0.2) is 16.2 Å². The summed E-state index contributed by atoms with van der Waals surface area (Å²) < 4.78 is 8.05. The van der Waals surface area contributed by atoms with E-state index in [0.717, 1.165) is 36.5 Å². The summed E-state index contributed by atoms with van der Waals surface area (Å²) in [5.74, 6) is 0.907. The van der Waals surface area contributed by atoms with E-state index in [-0.39, 0.29) is 0 Å². The molecule has 0 atom stereocenters. The Morgan fingerprint density at radius 1 is 1.12 bits per heavy atom. The average molecular weight is 350 g/mol. The van der Waals surface area contributed by atoms with Gasteiger partial charge in [-0.2, -0.15) is 0 Å². The molecule has 3 rings (SSSR count). The van der Waals surface area contributed by atoms with Gasteiger partial charge in [-0.15, -0.1) is 0 Å². The van der Waals surface area contributed by atoms with Crippen molar-refractivity contribution in [3.63, 3.8) is 0 Å². The first-order valence-electron chi connectivity index (χ1n) is 8.51. The monoisotopic (exact) mass is 350 g/mol. The number of rotatable bonds is 8. The standard InChI is InChI=1S/C21H22N2OS/c1-2-3-15-24-21-12-8-7-11-19(21)20(23-14-13-22-17-23)16-25-18-9-5-4-6-10-18/h4-14,16-17H,2-3,15H2,1H3/b20-16+. The van der Waals surface area contributed by atoms with Crippen molar-refractivity contribution in [2.75, 3.05) is 6.61 Å². The number of thioether (sulfide) groups is 1. The largest absolute Gasteiger partial charge is 0.493 e. The van der Waals surface area contributed by atoms with Crippen molar-refractivity contribution in [1.29, 1.82) is 0 Å². The van der Waals surface area contributed by atoms with Gasteiger partial charge in [0.15, 0.2) is 0 Å². The fraction of sp³-hybridized carbons (Fsp3) is 0.190. The molecular weight excluding hydrogens is 328 g/mol. The summed E-state index contributed by atoms with van der Waals surface area (Å²) in [6.45, 7) is 2.90. The minimum Gasteiger partial charge on any atom is -0.493 e. The highest BCUT2D eigenvalue weighted by atomic mass is 32.2. The topological polar surface area (TPSA) is 27.1 Å². The van der Waals surface area contributed by atoms with Crippen molar-refractivity contribution < 1.29 is 4.74 Å². The summed E-state index contributed by atoms with van der Waals surface area (Å²) in [5.41, 5.74) is 2.12. The molecule has 0 spiro atoms. The maximum atomic E-state index is 6.02. The molecule has 1 aromatic heterocycles. The molecule has 0 saturated carbocycles. The fourth-order valence-corrected chi connectivity index (χ4v) is 3.23. The number of para-hydroxylation sites is 1. The van der Waals surface area contributed by atoms with Crippen LogP contribution < -0.4 is 4.74 Å². The second kappa shape index (κ2) is 9.14. The van der Waals surface area contributed by atoms with Crippen LogP contribution in [0, 0.1) is 0 Å². The molecule has 25 heavy (non-hydrogen) atoms. The van der Waals surface area contributed by atoms with Crippen molar-refractivity contribution in [2.24, 2.45) is 0 Å². The summed E-state index contributed by atoms with van der Waals surface area (Å²) in [4.78, 5) is 5.40. The summed E-state index contributed by atoms with van der Waals surface area (Å²) in [6, 6.07) is 18.5. The van der Waals surface area contributed by atoms with Crippen LogP contribution in [0.2, 0.25) is 0 Å². The van der Waals surface area contributed by atoms with Gasteiger partial charge in [-0.05, 0) is 30.7 Å². The van der Waals surface area contributed by atoms with Crippen molar-refractivity contribution in [3.05, 3.63) is 84.3 Å². The van der Waals surface area contributed by atoms with Gasteiger partial charge in [0.1, 0.15) is 5.75 Å². The molecule has 3 aromatic rings. The number of unbranched alkanes of at least 4 members (excludes halogenated alkanes) is 1. The minimum absolute atomic E-state index is 0.733. The Balaban J connectivity index is 1.93. The molecule has 0 bridgehead atoms. The predicted octanol–water partition coefficient (Wildman–Crippen LogP) is 5.70. The lowest BCUT2D eigenvalue weighted by atomic mass is 10.1. The summed E-state index contributed by atoms with van der Waals surface area (Å²) in [7, 11) is 0. The Labute approximate surface area is 153 Å². The third-order valence-corrected chi connectivity index (χ3v) is 4.64. The van der Waals surface area contributed by atoms with Gasteiger partial charge >= 0.3 is 0 Å². The summed E-state index contributed by atoms with van der Waals surface area (Å²) in [6.07, 6.45) is 7.75. The Kier molecular flexibility index (Phi) is 6.35. The van der Waals surface area contributed by atoms with Crippen LogP contribution in [0.25, 0.3) is 5.70 Å². The average Bonchev–Trinajstić information content (AvgIpc) is 3.19. The molecule has 0 aliphatic rings. The van der Waals surface area contributed by atoms with Crippen molar-refractivity contribution in [2.45, 2.75) is 24.7 Å². The second-order valence-corrected chi connectivity index (χ2v) is 6.54. The molecular formula is C21H22N2OS. The molecule has 0 N–H and O–H groups in total.